The van der Waals surface area contributed by atoms with Crippen LogP contribution in [0.2, 0.25) is 0 Å². The van der Waals surface area contributed by atoms with Crippen LogP contribution in [-0.2, 0) is 16.4 Å². The molecule has 0 heterocycles. The van der Waals surface area contributed by atoms with Crippen molar-refractivity contribution in [3.8, 4) is 6.07 Å². The van der Waals surface area contributed by atoms with Crippen molar-refractivity contribution in [2.24, 2.45) is 0 Å². The van der Waals surface area contributed by atoms with Crippen molar-refractivity contribution >= 4 is 10.0 Å². The number of nitrogens with one attached hydrogen (secondary N) is 1. The molecule has 0 fully saturated rings. The molecule has 18 heavy (non-hydrogen) atoms. The Morgan fingerprint density at radius 3 is 2.61 bits per heavy atom. The van der Waals surface area contributed by atoms with Gasteiger partial charge < -0.3 is 0 Å². The minimum Gasteiger partial charge on any atom is -0.214 e. The Kier molecular flexibility index (Phi) is 5.32. The van der Waals surface area contributed by atoms with E-state index in [-0.39, 0.29) is 0 Å². The van der Waals surface area contributed by atoms with E-state index in [1.54, 1.807) is 13.0 Å². The van der Waals surface area contributed by atoms with Crippen LogP contribution in [0.1, 0.15) is 24.5 Å². The van der Waals surface area contributed by atoms with Crippen molar-refractivity contribution in [3.05, 3.63) is 35.4 Å². The molecule has 0 aliphatic heterocycles. The summed E-state index contributed by atoms with van der Waals surface area (Å²) >= 11 is 0. The van der Waals surface area contributed by atoms with E-state index in [0.717, 1.165) is 11.1 Å². The molecular formula is C13H18N2O2S. The Balaban J connectivity index is 2.58. The Morgan fingerprint density at radius 1 is 1.39 bits per heavy atom. The maximum Gasteiger partial charge on any atom is 0.227 e. The molecule has 1 atom stereocenters. The fourth-order valence-electron chi connectivity index (χ4n) is 1.70. The van der Waals surface area contributed by atoms with E-state index in [9.17, 15) is 8.42 Å². The van der Waals surface area contributed by atoms with Crippen LogP contribution in [-0.4, -0.2) is 20.2 Å². The van der Waals surface area contributed by atoms with Crippen molar-refractivity contribution < 1.29 is 8.42 Å². The Bertz CT molecular complexity index is 532. The Labute approximate surface area is 109 Å². The third-order valence-electron chi connectivity index (χ3n) is 2.85. The second-order valence-electron chi connectivity index (χ2n) is 4.14. The summed E-state index contributed by atoms with van der Waals surface area (Å²) in [6, 6.07) is 9.65. The second-order valence-corrected chi connectivity index (χ2v) is 6.09. The molecular weight excluding hydrogens is 248 g/mol. The van der Waals surface area contributed by atoms with Crippen molar-refractivity contribution in [1.82, 2.24) is 4.72 Å². The molecule has 98 valence electrons. The summed E-state index contributed by atoms with van der Waals surface area (Å²) in [6.07, 6.45) is 0.934. The lowest BCUT2D eigenvalue weighted by Gasteiger charge is -2.10. The number of benzene rings is 1. The van der Waals surface area contributed by atoms with E-state index in [1.807, 2.05) is 31.2 Å². The van der Waals surface area contributed by atoms with E-state index in [0.29, 0.717) is 19.4 Å². The molecule has 1 aromatic rings. The number of nitrogens with zero attached hydrogens (tertiary/aromatic N) is 1. The molecule has 0 aliphatic carbocycles. The van der Waals surface area contributed by atoms with E-state index >= 15 is 0 Å². The van der Waals surface area contributed by atoms with Gasteiger partial charge in [-0.2, -0.15) is 5.26 Å². The molecule has 0 bridgehead atoms. The number of nitriles is 1. The monoisotopic (exact) mass is 266 g/mol. The fraction of sp³-hybridized carbons (Fsp3) is 0.462. The van der Waals surface area contributed by atoms with Gasteiger partial charge in [0, 0.05) is 6.54 Å². The van der Waals surface area contributed by atoms with Gasteiger partial charge in [0.25, 0.3) is 0 Å². The van der Waals surface area contributed by atoms with Crippen LogP contribution in [0.3, 0.4) is 0 Å². The highest BCUT2D eigenvalue weighted by molar-refractivity contribution is 7.90. The number of hydrogen-bond donors (Lipinski definition) is 1. The van der Waals surface area contributed by atoms with Crippen molar-refractivity contribution in [3.63, 3.8) is 0 Å². The number of rotatable bonds is 6. The zero-order valence-corrected chi connectivity index (χ0v) is 11.5. The quantitative estimate of drug-likeness (QED) is 0.853. The maximum absolute atomic E-state index is 11.7. The molecule has 1 N–H and O–H groups in total. The van der Waals surface area contributed by atoms with Gasteiger partial charge in [0.2, 0.25) is 10.0 Å². The molecule has 0 aromatic heterocycles. The smallest absolute Gasteiger partial charge is 0.214 e. The second kappa shape index (κ2) is 6.53. The number of sulfonamides is 1. The van der Waals surface area contributed by atoms with Crippen LogP contribution in [0.15, 0.2) is 24.3 Å². The van der Waals surface area contributed by atoms with Gasteiger partial charge in [0.1, 0.15) is 0 Å². The van der Waals surface area contributed by atoms with E-state index < -0.39 is 15.3 Å². The lowest BCUT2D eigenvalue weighted by Crippen LogP contribution is -2.34. The third kappa shape index (κ3) is 3.83. The zero-order valence-electron chi connectivity index (χ0n) is 10.7. The highest BCUT2D eigenvalue weighted by Crippen LogP contribution is 2.08. The predicted octanol–water partition coefficient (Wildman–Crippen LogP) is 1.76. The third-order valence-corrected chi connectivity index (χ3v) is 4.64. The first-order valence-electron chi connectivity index (χ1n) is 5.94. The topological polar surface area (TPSA) is 70.0 Å². The molecule has 0 saturated carbocycles. The number of aryl methyl sites for hydroxylation is 1. The average Bonchev–Trinajstić information content (AvgIpc) is 2.32. The minimum absolute atomic E-state index is 0.302. The molecule has 1 aromatic carbocycles. The molecule has 1 rings (SSSR count). The summed E-state index contributed by atoms with van der Waals surface area (Å²) < 4.78 is 26.0. The first-order chi connectivity index (χ1) is 8.51. The van der Waals surface area contributed by atoms with Crippen LogP contribution in [0.25, 0.3) is 0 Å². The first kappa shape index (κ1) is 14.7. The first-order valence-corrected chi connectivity index (χ1v) is 7.48. The summed E-state index contributed by atoms with van der Waals surface area (Å²) in [7, 11) is -3.52. The highest BCUT2D eigenvalue weighted by atomic mass is 32.2. The lowest BCUT2D eigenvalue weighted by atomic mass is 10.1. The SMILES string of the molecule is CCC(C#N)S(=O)(=O)NCCc1ccccc1C. The van der Waals surface area contributed by atoms with E-state index in [1.165, 1.54) is 0 Å². The molecule has 0 amide bonds. The molecule has 0 aliphatic rings. The summed E-state index contributed by atoms with van der Waals surface area (Å²) in [5.74, 6) is 0. The van der Waals surface area contributed by atoms with Crippen LogP contribution in [0.5, 0.6) is 0 Å². The van der Waals surface area contributed by atoms with Gasteiger partial charge in [0.05, 0.1) is 6.07 Å². The summed E-state index contributed by atoms with van der Waals surface area (Å²) in [6.45, 7) is 4.01. The molecule has 0 spiro atoms. The van der Waals surface area contributed by atoms with Gasteiger partial charge in [-0.25, -0.2) is 13.1 Å². The van der Waals surface area contributed by atoms with Gasteiger partial charge in [-0.1, -0.05) is 31.2 Å². The number of hydrogen-bond acceptors (Lipinski definition) is 3. The van der Waals surface area contributed by atoms with Crippen LogP contribution < -0.4 is 4.72 Å². The van der Waals surface area contributed by atoms with E-state index in [4.69, 9.17) is 5.26 Å². The Morgan fingerprint density at radius 2 is 2.06 bits per heavy atom. The normalized spacial score (nSPS) is 12.9. The maximum atomic E-state index is 11.7. The van der Waals surface area contributed by atoms with Crippen molar-refractivity contribution in [2.75, 3.05) is 6.54 Å². The largest absolute Gasteiger partial charge is 0.227 e. The predicted molar refractivity (Wildman–Crippen MR) is 71.5 cm³/mol. The molecule has 4 nitrogen and oxygen atoms in total. The molecule has 1 unspecified atom stereocenters. The van der Waals surface area contributed by atoms with Crippen molar-refractivity contribution in [1.29, 1.82) is 5.26 Å². The van der Waals surface area contributed by atoms with Gasteiger partial charge in [0.15, 0.2) is 5.25 Å². The fourth-order valence-corrected chi connectivity index (χ4v) is 2.86. The van der Waals surface area contributed by atoms with Gasteiger partial charge in [-0.05, 0) is 30.9 Å². The van der Waals surface area contributed by atoms with Gasteiger partial charge >= 0.3 is 0 Å². The summed E-state index contributed by atoms with van der Waals surface area (Å²) in [5, 5.41) is 7.79. The van der Waals surface area contributed by atoms with Crippen LogP contribution >= 0.6 is 0 Å². The van der Waals surface area contributed by atoms with E-state index in [2.05, 4.69) is 4.72 Å². The molecule has 0 radical (unpaired) electrons. The average molecular weight is 266 g/mol. The molecule has 0 saturated heterocycles. The zero-order chi connectivity index (χ0) is 13.6. The highest BCUT2D eigenvalue weighted by Gasteiger charge is 2.22. The van der Waals surface area contributed by atoms with Gasteiger partial charge in [-0.3, -0.25) is 0 Å². The Hall–Kier alpha value is -1.38. The van der Waals surface area contributed by atoms with Crippen LogP contribution in [0.4, 0.5) is 0 Å². The van der Waals surface area contributed by atoms with Crippen LogP contribution in [0, 0.1) is 18.3 Å². The van der Waals surface area contributed by atoms with Crippen molar-refractivity contribution in [2.45, 2.75) is 31.9 Å². The summed E-state index contributed by atoms with van der Waals surface area (Å²) in [5.41, 5.74) is 2.26. The minimum atomic E-state index is -3.52. The summed E-state index contributed by atoms with van der Waals surface area (Å²) in [4.78, 5) is 0. The molecule has 5 heteroatoms. The van der Waals surface area contributed by atoms with Gasteiger partial charge in [-0.15, -0.1) is 0 Å². The standard InChI is InChI=1S/C13H18N2O2S/c1-3-13(10-14)18(16,17)15-9-8-12-7-5-4-6-11(12)2/h4-7,13,15H,3,8-9H2,1-2H3. The lowest BCUT2D eigenvalue weighted by molar-refractivity contribution is 0.572.